The van der Waals surface area contributed by atoms with Crippen LogP contribution in [0.25, 0.3) is 11.2 Å². The molecule has 0 bridgehead atoms. The molecule has 35 heavy (non-hydrogen) atoms. The Balaban J connectivity index is 1.49. The van der Waals surface area contributed by atoms with Crippen molar-refractivity contribution in [3.63, 3.8) is 0 Å². The highest BCUT2D eigenvalue weighted by molar-refractivity contribution is 5.83. The number of aliphatic hydroxyl groups is 2. The van der Waals surface area contributed by atoms with Crippen LogP contribution in [-0.2, 0) is 14.3 Å². The monoisotopic (exact) mass is 485 g/mol. The Morgan fingerprint density at radius 3 is 2.63 bits per heavy atom. The van der Waals surface area contributed by atoms with Crippen LogP contribution in [0.15, 0.2) is 6.33 Å². The molecule has 4 unspecified atom stereocenters. The predicted molar refractivity (Wildman–Crippen MR) is 125 cm³/mol. The number of anilines is 1. The van der Waals surface area contributed by atoms with Gasteiger partial charge in [-0.25, -0.2) is 15.0 Å². The summed E-state index contributed by atoms with van der Waals surface area (Å²) in [6.45, 7) is 2.11. The molecule has 12 nitrogen and oxygen atoms in total. The Bertz CT molecular complexity index is 1150. The van der Waals surface area contributed by atoms with Crippen LogP contribution in [0.1, 0.15) is 51.1 Å². The summed E-state index contributed by atoms with van der Waals surface area (Å²) < 4.78 is 7.09. The van der Waals surface area contributed by atoms with E-state index in [1.165, 1.54) is 10.9 Å². The number of ether oxygens (including phenoxy) is 1. The first-order valence-corrected chi connectivity index (χ1v) is 11.8. The first-order valence-electron chi connectivity index (χ1n) is 11.8. The molecule has 2 aliphatic rings. The molecule has 188 valence electrons. The van der Waals surface area contributed by atoms with E-state index in [9.17, 15) is 19.8 Å². The smallest absolute Gasteiger partial charge is 0.252 e. The minimum absolute atomic E-state index is 0.0781. The van der Waals surface area contributed by atoms with Gasteiger partial charge in [0.2, 0.25) is 11.7 Å². The van der Waals surface area contributed by atoms with E-state index >= 15 is 0 Å². The standard InChI is InChI=1S/C23H31N7O5/c1-3-26-22(34)18-16(31)17(32)23(35-18)30-11-27-15-19(24)28-14(29-20(15)30)6-4-5-12-7-9-13(10-8-12)21(33)25-2/h11-13,16-18,23,31-32H,3,5,7-10H2,1-2H3,(H,25,33)(H,26,34)(H2,24,28,29). The zero-order valence-corrected chi connectivity index (χ0v) is 19.8. The van der Waals surface area contributed by atoms with Crippen molar-refractivity contribution in [3.8, 4) is 11.8 Å². The SMILES string of the molecule is CCNC(=O)C1OC(n2cnc3c(N)nc(C#CCC4CCC(C(=O)NC)CC4)nc32)C(O)C1O. The quantitative estimate of drug-likeness (QED) is 0.348. The van der Waals surface area contributed by atoms with Gasteiger partial charge in [-0.2, -0.15) is 0 Å². The highest BCUT2D eigenvalue weighted by atomic mass is 16.6. The summed E-state index contributed by atoms with van der Waals surface area (Å²) in [5.74, 6) is 6.46. The van der Waals surface area contributed by atoms with E-state index in [4.69, 9.17) is 10.5 Å². The number of aliphatic hydroxyl groups excluding tert-OH is 2. The fraction of sp³-hybridized carbons (Fsp3) is 0.609. The lowest BCUT2D eigenvalue weighted by molar-refractivity contribution is -0.137. The van der Waals surface area contributed by atoms with Gasteiger partial charge in [-0.1, -0.05) is 5.92 Å². The van der Waals surface area contributed by atoms with Gasteiger partial charge in [0.15, 0.2) is 23.8 Å². The van der Waals surface area contributed by atoms with E-state index in [-0.39, 0.29) is 29.1 Å². The van der Waals surface area contributed by atoms with Crippen molar-refractivity contribution in [2.75, 3.05) is 19.3 Å². The largest absolute Gasteiger partial charge is 0.387 e. The van der Waals surface area contributed by atoms with Crippen LogP contribution in [0.3, 0.4) is 0 Å². The van der Waals surface area contributed by atoms with Gasteiger partial charge in [0.25, 0.3) is 5.91 Å². The second kappa shape index (κ2) is 10.6. The van der Waals surface area contributed by atoms with Crippen LogP contribution in [0.4, 0.5) is 5.82 Å². The third-order valence-corrected chi connectivity index (χ3v) is 6.63. The molecule has 0 aromatic carbocycles. The summed E-state index contributed by atoms with van der Waals surface area (Å²) in [6, 6.07) is 0. The third-order valence-electron chi connectivity index (χ3n) is 6.63. The number of hydrogen-bond acceptors (Lipinski definition) is 9. The number of rotatable bonds is 5. The number of nitrogen functional groups attached to an aromatic ring is 1. The minimum Gasteiger partial charge on any atom is -0.387 e. The zero-order valence-electron chi connectivity index (χ0n) is 19.8. The van der Waals surface area contributed by atoms with E-state index in [1.807, 2.05) is 0 Å². The van der Waals surface area contributed by atoms with Crippen LogP contribution >= 0.6 is 0 Å². The van der Waals surface area contributed by atoms with Gasteiger partial charge < -0.3 is 31.3 Å². The number of carbonyl (C=O) groups is 2. The summed E-state index contributed by atoms with van der Waals surface area (Å²) >= 11 is 0. The number of nitrogens with zero attached hydrogens (tertiary/aromatic N) is 4. The van der Waals surface area contributed by atoms with Gasteiger partial charge in [-0.3, -0.25) is 14.2 Å². The fourth-order valence-electron chi connectivity index (χ4n) is 4.67. The first-order chi connectivity index (χ1) is 16.8. The summed E-state index contributed by atoms with van der Waals surface area (Å²) in [4.78, 5) is 36.9. The van der Waals surface area contributed by atoms with Gasteiger partial charge in [-0.15, -0.1) is 0 Å². The number of amides is 2. The van der Waals surface area contributed by atoms with E-state index < -0.39 is 30.4 Å². The van der Waals surface area contributed by atoms with Crippen molar-refractivity contribution in [1.82, 2.24) is 30.2 Å². The van der Waals surface area contributed by atoms with Gasteiger partial charge in [0, 0.05) is 25.9 Å². The fourth-order valence-corrected chi connectivity index (χ4v) is 4.67. The molecule has 2 amide bonds. The molecular weight excluding hydrogens is 454 g/mol. The number of carbonyl (C=O) groups excluding carboxylic acids is 2. The molecule has 1 aliphatic heterocycles. The molecule has 12 heteroatoms. The van der Waals surface area contributed by atoms with Crippen LogP contribution in [0.5, 0.6) is 0 Å². The molecule has 2 fully saturated rings. The second-order valence-corrected chi connectivity index (χ2v) is 8.92. The van der Waals surface area contributed by atoms with Crippen molar-refractivity contribution < 1.29 is 24.5 Å². The maximum atomic E-state index is 12.2. The van der Waals surface area contributed by atoms with Gasteiger partial charge >= 0.3 is 0 Å². The third kappa shape index (κ3) is 5.07. The highest BCUT2D eigenvalue weighted by Gasteiger charge is 2.47. The number of imidazole rings is 1. The number of nitrogens with one attached hydrogen (secondary N) is 2. The van der Waals surface area contributed by atoms with Crippen molar-refractivity contribution in [2.24, 2.45) is 11.8 Å². The lowest BCUT2D eigenvalue weighted by Crippen LogP contribution is -2.42. The lowest BCUT2D eigenvalue weighted by Gasteiger charge is -2.26. The van der Waals surface area contributed by atoms with Crippen molar-refractivity contribution >= 4 is 28.8 Å². The normalized spacial score (nSPS) is 28.3. The van der Waals surface area contributed by atoms with E-state index in [0.717, 1.165) is 25.7 Å². The summed E-state index contributed by atoms with van der Waals surface area (Å²) in [6.07, 6.45) is 0.501. The molecule has 4 atom stereocenters. The maximum Gasteiger partial charge on any atom is 0.252 e. The summed E-state index contributed by atoms with van der Waals surface area (Å²) in [7, 11) is 1.66. The molecule has 0 radical (unpaired) electrons. The Morgan fingerprint density at radius 1 is 1.20 bits per heavy atom. The van der Waals surface area contributed by atoms with Gasteiger partial charge in [0.05, 0.1) is 6.33 Å². The van der Waals surface area contributed by atoms with Crippen molar-refractivity contribution in [1.29, 1.82) is 0 Å². The first kappa shape index (κ1) is 24.8. The Morgan fingerprint density at radius 2 is 1.94 bits per heavy atom. The van der Waals surface area contributed by atoms with Gasteiger partial charge in [-0.05, 0) is 44.4 Å². The highest BCUT2D eigenvalue weighted by Crippen LogP contribution is 2.33. The van der Waals surface area contributed by atoms with E-state index in [0.29, 0.717) is 24.4 Å². The average molecular weight is 486 g/mol. The maximum absolute atomic E-state index is 12.2. The molecular formula is C23H31N7O5. The molecule has 4 rings (SSSR count). The summed E-state index contributed by atoms with van der Waals surface area (Å²) in [5.41, 5.74) is 6.65. The molecule has 1 saturated carbocycles. The van der Waals surface area contributed by atoms with Crippen LogP contribution in [0.2, 0.25) is 0 Å². The molecule has 1 saturated heterocycles. The predicted octanol–water partition coefficient (Wildman–Crippen LogP) is -0.542. The number of hydrogen-bond donors (Lipinski definition) is 5. The van der Waals surface area contributed by atoms with Crippen molar-refractivity contribution in [3.05, 3.63) is 12.2 Å². The number of fused-ring (bicyclic) bond motifs is 1. The van der Waals surface area contributed by atoms with Crippen LogP contribution in [-0.4, -0.2) is 73.5 Å². The number of nitrogens with two attached hydrogens (primary N) is 1. The van der Waals surface area contributed by atoms with Gasteiger partial charge in [0.1, 0.15) is 17.7 Å². The van der Waals surface area contributed by atoms with E-state index in [2.05, 4.69) is 37.4 Å². The topological polar surface area (TPSA) is 178 Å². The molecule has 2 aromatic heterocycles. The molecule has 6 N–H and O–H groups in total. The van der Waals surface area contributed by atoms with Crippen molar-refractivity contribution in [2.45, 2.75) is 63.6 Å². The van der Waals surface area contributed by atoms with Crippen LogP contribution < -0.4 is 16.4 Å². The van der Waals surface area contributed by atoms with E-state index in [1.54, 1.807) is 14.0 Å². The average Bonchev–Trinajstić information content (AvgIpc) is 3.40. The Hall–Kier alpha value is -3.27. The minimum atomic E-state index is -1.42. The molecule has 1 aliphatic carbocycles. The second-order valence-electron chi connectivity index (χ2n) is 8.92. The lowest BCUT2D eigenvalue weighted by atomic mass is 9.80. The summed E-state index contributed by atoms with van der Waals surface area (Å²) in [5, 5.41) is 26.2. The molecule has 2 aromatic rings. The molecule has 0 spiro atoms. The zero-order chi connectivity index (χ0) is 25.1. The number of aromatic nitrogens is 4. The van der Waals surface area contributed by atoms with Crippen LogP contribution in [0, 0.1) is 23.7 Å². The number of likely N-dealkylation sites (N-methyl/N-ethyl adjacent to an activating group) is 1. The molecule has 3 heterocycles. The Kier molecular flexibility index (Phi) is 7.49. The Labute approximate surface area is 202 Å².